The summed E-state index contributed by atoms with van der Waals surface area (Å²) in [6.45, 7) is 10.9. The maximum Gasteiger partial charge on any atom is 0.0474 e. The van der Waals surface area contributed by atoms with Crippen molar-refractivity contribution in [2.24, 2.45) is 5.92 Å². The standard InChI is InChI=1S/C12H28N2O/c1-11(2)13-9-12(3)10-14(4)7-6-8-15-5/h11-13H,6-10H2,1-5H3. The van der Waals surface area contributed by atoms with Crippen LogP contribution in [0.25, 0.3) is 0 Å². The molecule has 15 heavy (non-hydrogen) atoms. The lowest BCUT2D eigenvalue weighted by Gasteiger charge is -2.22. The number of nitrogens with zero attached hydrogens (tertiary/aromatic N) is 1. The van der Waals surface area contributed by atoms with Gasteiger partial charge in [-0.25, -0.2) is 0 Å². The number of methoxy groups -OCH3 is 1. The van der Waals surface area contributed by atoms with Gasteiger partial charge in [-0.15, -0.1) is 0 Å². The maximum atomic E-state index is 5.04. The molecule has 0 rings (SSSR count). The van der Waals surface area contributed by atoms with Crippen molar-refractivity contribution in [2.45, 2.75) is 33.2 Å². The molecule has 1 N–H and O–H groups in total. The van der Waals surface area contributed by atoms with Gasteiger partial charge in [-0.2, -0.15) is 0 Å². The Kier molecular flexibility index (Phi) is 9.06. The Balaban J connectivity index is 3.44. The van der Waals surface area contributed by atoms with Crippen LogP contribution in [0.2, 0.25) is 0 Å². The third-order valence-electron chi connectivity index (χ3n) is 2.39. The molecule has 0 saturated carbocycles. The molecule has 3 nitrogen and oxygen atoms in total. The highest BCUT2D eigenvalue weighted by Gasteiger charge is 2.06. The van der Waals surface area contributed by atoms with E-state index in [-0.39, 0.29) is 0 Å². The van der Waals surface area contributed by atoms with Crippen molar-refractivity contribution in [3.05, 3.63) is 0 Å². The zero-order valence-corrected chi connectivity index (χ0v) is 11.0. The molecule has 3 heteroatoms. The van der Waals surface area contributed by atoms with E-state index in [1.807, 2.05) is 0 Å². The van der Waals surface area contributed by atoms with Gasteiger partial charge in [0, 0.05) is 32.8 Å². The van der Waals surface area contributed by atoms with E-state index in [0.29, 0.717) is 12.0 Å². The van der Waals surface area contributed by atoms with Crippen molar-refractivity contribution in [2.75, 3.05) is 40.4 Å². The summed E-state index contributed by atoms with van der Waals surface area (Å²) in [6, 6.07) is 0.589. The summed E-state index contributed by atoms with van der Waals surface area (Å²) < 4.78 is 5.04. The largest absolute Gasteiger partial charge is 0.385 e. The minimum absolute atomic E-state index is 0.589. The second-order valence-corrected chi connectivity index (χ2v) is 4.78. The van der Waals surface area contributed by atoms with Crippen LogP contribution >= 0.6 is 0 Å². The van der Waals surface area contributed by atoms with Gasteiger partial charge in [0.2, 0.25) is 0 Å². The Morgan fingerprint density at radius 3 is 2.47 bits per heavy atom. The second kappa shape index (κ2) is 9.13. The highest BCUT2D eigenvalue weighted by Crippen LogP contribution is 1.98. The second-order valence-electron chi connectivity index (χ2n) is 4.78. The van der Waals surface area contributed by atoms with Crippen LogP contribution in [0.1, 0.15) is 27.2 Å². The Labute approximate surface area is 95.2 Å². The van der Waals surface area contributed by atoms with Gasteiger partial charge in [-0.1, -0.05) is 20.8 Å². The van der Waals surface area contributed by atoms with Crippen molar-refractivity contribution in [1.29, 1.82) is 0 Å². The first-order chi connectivity index (χ1) is 7.06. The van der Waals surface area contributed by atoms with Gasteiger partial charge in [0.1, 0.15) is 0 Å². The molecular weight excluding hydrogens is 188 g/mol. The summed E-state index contributed by atoms with van der Waals surface area (Å²) in [6.07, 6.45) is 1.12. The van der Waals surface area contributed by atoms with Gasteiger partial charge in [0.25, 0.3) is 0 Å². The molecule has 0 aromatic heterocycles. The molecule has 0 aliphatic carbocycles. The summed E-state index contributed by atoms with van der Waals surface area (Å²) in [5.74, 6) is 0.708. The summed E-state index contributed by atoms with van der Waals surface area (Å²) in [4.78, 5) is 2.38. The smallest absolute Gasteiger partial charge is 0.0474 e. The molecule has 0 bridgehead atoms. The monoisotopic (exact) mass is 216 g/mol. The molecule has 0 saturated heterocycles. The van der Waals surface area contributed by atoms with Crippen LogP contribution in [0.5, 0.6) is 0 Å². The Morgan fingerprint density at radius 1 is 1.27 bits per heavy atom. The molecule has 0 heterocycles. The summed E-state index contributed by atoms with van der Waals surface area (Å²) in [7, 11) is 3.94. The van der Waals surface area contributed by atoms with Crippen molar-refractivity contribution >= 4 is 0 Å². The van der Waals surface area contributed by atoms with E-state index in [1.165, 1.54) is 0 Å². The van der Waals surface area contributed by atoms with Crippen LogP contribution < -0.4 is 5.32 Å². The first kappa shape index (κ1) is 14.9. The van der Waals surface area contributed by atoms with Crippen LogP contribution in [-0.4, -0.2) is 51.3 Å². The Bertz CT molecular complexity index is 140. The molecule has 92 valence electrons. The third kappa shape index (κ3) is 10.2. The Hall–Kier alpha value is -0.120. The normalized spacial score (nSPS) is 13.8. The van der Waals surface area contributed by atoms with E-state index in [2.05, 4.69) is 38.0 Å². The molecule has 0 spiro atoms. The van der Waals surface area contributed by atoms with Gasteiger partial charge >= 0.3 is 0 Å². The molecule has 0 aromatic carbocycles. The molecule has 0 fully saturated rings. The highest BCUT2D eigenvalue weighted by molar-refractivity contribution is 4.63. The van der Waals surface area contributed by atoms with E-state index in [9.17, 15) is 0 Å². The summed E-state index contributed by atoms with van der Waals surface area (Å²) >= 11 is 0. The van der Waals surface area contributed by atoms with Gasteiger partial charge in [-0.3, -0.25) is 0 Å². The van der Waals surface area contributed by atoms with E-state index >= 15 is 0 Å². The third-order valence-corrected chi connectivity index (χ3v) is 2.39. The lowest BCUT2D eigenvalue weighted by atomic mass is 10.1. The number of hydrogen-bond acceptors (Lipinski definition) is 3. The molecule has 1 unspecified atom stereocenters. The molecule has 0 radical (unpaired) electrons. The lowest BCUT2D eigenvalue weighted by molar-refractivity contribution is 0.174. The van der Waals surface area contributed by atoms with Crippen LogP contribution in [0.4, 0.5) is 0 Å². The lowest BCUT2D eigenvalue weighted by Crippen LogP contribution is -2.34. The SMILES string of the molecule is COCCCN(C)CC(C)CNC(C)C. The van der Waals surface area contributed by atoms with E-state index in [4.69, 9.17) is 4.74 Å². The van der Waals surface area contributed by atoms with E-state index in [1.54, 1.807) is 7.11 Å². The number of rotatable bonds is 9. The van der Waals surface area contributed by atoms with E-state index in [0.717, 1.165) is 32.7 Å². The van der Waals surface area contributed by atoms with Crippen molar-refractivity contribution < 1.29 is 4.74 Å². The van der Waals surface area contributed by atoms with Crippen molar-refractivity contribution in [3.8, 4) is 0 Å². The zero-order chi connectivity index (χ0) is 11.7. The molecule has 1 atom stereocenters. The van der Waals surface area contributed by atoms with Crippen LogP contribution in [0.15, 0.2) is 0 Å². The molecule has 0 aromatic rings. The van der Waals surface area contributed by atoms with Gasteiger partial charge in [-0.05, 0) is 25.9 Å². The fourth-order valence-electron chi connectivity index (χ4n) is 1.60. The van der Waals surface area contributed by atoms with Crippen LogP contribution in [0.3, 0.4) is 0 Å². The average Bonchev–Trinajstić information content (AvgIpc) is 2.15. The predicted octanol–water partition coefficient (Wildman–Crippen LogP) is 1.59. The molecule has 0 amide bonds. The van der Waals surface area contributed by atoms with Gasteiger partial charge < -0.3 is 15.0 Å². The highest BCUT2D eigenvalue weighted by atomic mass is 16.5. The fourth-order valence-corrected chi connectivity index (χ4v) is 1.60. The molecule has 0 aliphatic rings. The quantitative estimate of drug-likeness (QED) is 0.592. The zero-order valence-electron chi connectivity index (χ0n) is 11.0. The van der Waals surface area contributed by atoms with Crippen LogP contribution in [0, 0.1) is 5.92 Å². The first-order valence-electron chi connectivity index (χ1n) is 5.97. The minimum Gasteiger partial charge on any atom is -0.385 e. The van der Waals surface area contributed by atoms with Gasteiger partial charge in [0.15, 0.2) is 0 Å². The number of nitrogens with one attached hydrogen (secondary N) is 1. The molecule has 0 aliphatic heterocycles. The topological polar surface area (TPSA) is 24.5 Å². The number of ether oxygens (including phenoxy) is 1. The number of hydrogen-bond donors (Lipinski definition) is 1. The maximum absolute atomic E-state index is 5.04. The molecular formula is C12H28N2O. The summed E-state index contributed by atoms with van der Waals surface area (Å²) in [5.41, 5.74) is 0. The van der Waals surface area contributed by atoms with Crippen molar-refractivity contribution in [1.82, 2.24) is 10.2 Å². The Morgan fingerprint density at radius 2 is 1.93 bits per heavy atom. The minimum atomic E-state index is 0.589. The average molecular weight is 216 g/mol. The van der Waals surface area contributed by atoms with Crippen molar-refractivity contribution in [3.63, 3.8) is 0 Å². The summed E-state index contributed by atoms with van der Waals surface area (Å²) in [5, 5.41) is 3.47. The van der Waals surface area contributed by atoms with Gasteiger partial charge in [0.05, 0.1) is 0 Å². The first-order valence-corrected chi connectivity index (χ1v) is 5.97. The van der Waals surface area contributed by atoms with E-state index < -0.39 is 0 Å². The predicted molar refractivity (Wildman–Crippen MR) is 66.3 cm³/mol. The fraction of sp³-hybridized carbons (Fsp3) is 1.00. The van der Waals surface area contributed by atoms with Crippen LogP contribution in [-0.2, 0) is 4.74 Å².